The molecule has 190 valence electrons. The second-order valence-corrected chi connectivity index (χ2v) is 10.3. The number of hydrogen-bond acceptors (Lipinski definition) is 6. The maximum absolute atomic E-state index is 12.5. The van der Waals surface area contributed by atoms with Gasteiger partial charge in [0.15, 0.2) is 16.8 Å². The van der Waals surface area contributed by atoms with Crippen molar-refractivity contribution in [3.05, 3.63) is 94.2 Å². The van der Waals surface area contributed by atoms with E-state index in [9.17, 15) is 4.79 Å². The standard InChI is InChI=1S/C28H26Cl2N4O2S/c1-19(2)34-27(22-12-14-31-15-13-22)32-33-28(34)37-17-3-16-36-24-9-5-21(6-10-24)26(35)11-7-20-4-8-23(29)18-25(20)30/h4-15,18-19H,3,16-17H2,1-2H3/b11-7+. The Morgan fingerprint density at radius 3 is 2.51 bits per heavy atom. The molecule has 0 amide bonds. The van der Waals surface area contributed by atoms with Crippen LogP contribution in [0.5, 0.6) is 5.75 Å². The normalized spacial score (nSPS) is 11.4. The molecule has 6 nitrogen and oxygen atoms in total. The van der Waals surface area contributed by atoms with Crippen LogP contribution in [0.1, 0.15) is 42.2 Å². The summed E-state index contributed by atoms with van der Waals surface area (Å²) in [6.07, 6.45) is 7.54. The lowest BCUT2D eigenvalue weighted by molar-refractivity contribution is 0.104. The Bertz CT molecular complexity index is 1370. The van der Waals surface area contributed by atoms with E-state index in [0.29, 0.717) is 22.2 Å². The van der Waals surface area contributed by atoms with E-state index in [4.69, 9.17) is 27.9 Å². The van der Waals surface area contributed by atoms with Crippen molar-refractivity contribution in [1.29, 1.82) is 0 Å². The lowest BCUT2D eigenvalue weighted by Crippen LogP contribution is -2.06. The van der Waals surface area contributed by atoms with Gasteiger partial charge >= 0.3 is 0 Å². The molecule has 0 N–H and O–H groups in total. The number of ether oxygens (including phenoxy) is 1. The Kier molecular flexibility index (Phi) is 9.39. The number of carbonyl (C=O) groups excluding carboxylic acids is 1. The van der Waals surface area contributed by atoms with Gasteiger partial charge in [0.25, 0.3) is 0 Å². The highest BCUT2D eigenvalue weighted by molar-refractivity contribution is 7.99. The molecule has 0 aliphatic heterocycles. The number of ketones is 1. The highest BCUT2D eigenvalue weighted by atomic mass is 35.5. The van der Waals surface area contributed by atoms with Crippen molar-refractivity contribution in [3.8, 4) is 17.1 Å². The Morgan fingerprint density at radius 2 is 1.81 bits per heavy atom. The van der Waals surface area contributed by atoms with Gasteiger partial charge in [0, 0.05) is 45.4 Å². The molecule has 9 heteroatoms. The van der Waals surface area contributed by atoms with Crippen LogP contribution >= 0.6 is 35.0 Å². The van der Waals surface area contributed by atoms with Crippen LogP contribution in [0.15, 0.2) is 78.2 Å². The van der Waals surface area contributed by atoms with Crippen LogP contribution < -0.4 is 4.74 Å². The number of nitrogens with zero attached hydrogens (tertiary/aromatic N) is 4. The number of pyridine rings is 1. The molecular weight excluding hydrogens is 527 g/mol. The third kappa shape index (κ3) is 7.22. The summed E-state index contributed by atoms with van der Waals surface area (Å²) in [5.74, 6) is 2.29. The van der Waals surface area contributed by atoms with Gasteiger partial charge in [0.2, 0.25) is 0 Å². The van der Waals surface area contributed by atoms with Crippen LogP contribution in [-0.2, 0) is 0 Å². The van der Waals surface area contributed by atoms with Crippen LogP contribution in [0.4, 0.5) is 0 Å². The van der Waals surface area contributed by atoms with Gasteiger partial charge in [0.05, 0.1) is 6.61 Å². The molecule has 2 aromatic heterocycles. The molecule has 0 aliphatic rings. The van der Waals surface area contributed by atoms with E-state index in [1.165, 1.54) is 6.08 Å². The minimum atomic E-state index is -0.116. The number of allylic oxidation sites excluding steroid dienone is 1. The molecule has 0 unspecified atom stereocenters. The molecule has 4 aromatic rings. The molecular formula is C28H26Cl2N4O2S. The summed E-state index contributed by atoms with van der Waals surface area (Å²) in [6, 6.07) is 16.4. The fraction of sp³-hybridized carbons (Fsp3) is 0.214. The predicted octanol–water partition coefficient (Wildman–Crippen LogP) is 7.69. The van der Waals surface area contributed by atoms with Crippen molar-refractivity contribution >= 4 is 46.8 Å². The summed E-state index contributed by atoms with van der Waals surface area (Å²) in [5.41, 5.74) is 2.30. The zero-order valence-corrected chi connectivity index (χ0v) is 22.8. The maximum atomic E-state index is 12.5. The summed E-state index contributed by atoms with van der Waals surface area (Å²) in [6.45, 7) is 4.80. The zero-order valence-electron chi connectivity index (χ0n) is 20.5. The fourth-order valence-corrected chi connectivity index (χ4v) is 5.02. The minimum absolute atomic E-state index is 0.116. The molecule has 0 spiro atoms. The smallest absolute Gasteiger partial charge is 0.191 e. The molecule has 0 atom stereocenters. The number of carbonyl (C=O) groups is 1. The van der Waals surface area contributed by atoms with E-state index in [1.54, 1.807) is 72.7 Å². The van der Waals surface area contributed by atoms with Crippen molar-refractivity contribution in [2.75, 3.05) is 12.4 Å². The van der Waals surface area contributed by atoms with Crippen LogP contribution in [0.2, 0.25) is 10.0 Å². The van der Waals surface area contributed by atoms with Crippen LogP contribution in [-0.4, -0.2) is 37.9 Å². The third-order valence-corrected chi connectivity index (χ3v) is 7.02. The first-order chi connectivity index (χ1) is 17.9. The van der Waals surface area contributed by atoms with Crippen LogP contribution in [0.25, 0.3) is 17.5 Å². The molecule has 0 aliphatic carbocycles. The molecule has 4 rings (SSSR count). The van der Waals surface area contributed by atoms with Crippen LogP contribution in [0.3, 0.4) is 0 Å². The Balaban J connectivity index is 1.26. The molecule has 0 saturated carbocycles. The first kappa shape index (κ1) is 26.9. The summed E-state index contributed by atoms with van der Waals surface area (Å²) in [7, 11) is 0. The van der Waals surface area contributed by atoms with Gasteiger partial charge < -0.3 is 4.74 Å². The summed E-state index contributed by atoms with van der Waals surface area (Å²) >= 11 is 13.7. The first-order valence-electron chi connectivity index (χ1n) is 11.8. The van der Waals surface area contributed by atoms with E-state index < -0.39 is 0 Å². The van der Waals surface area contributed by atoms with E-state index in [1.807, 2.05) is 12.1 Å². The second kappa shape index (κ2) is 12.9. The monoisotopic (exact) mass is 552 g/mol. The van der Waals surface area contributed by atoms with Crippen molar-refractivity contribution in [3.63, 3.8) is 0 Å². The second-order valence-electron chi connectivity index (χ2n) is 8.44. The molecule has 0 saturated heterocycles. The van der Waals surface area contributed by atoms with Crippen molar-refractivity contribution < 1.29 is 9.53 Å². The average molecular weight is 554 g/mol. The Labute approximate surface area is 230 Å². The fourth-order valence-electron chi connectivity index (χ4n) is 3.56. The molecule has 37 heavy (non-hydrogen) atoms. The number of halogens is 2. The number of aromatic nitrogens is 4. The van der Waals surface area contributed by atoms with Gasteiger partial charge in [-0.2, -0.15) is 0 Å². The van der Waals surface area contributed by atoms with Crippen molar-refractivity contribution in [2.24, 2.45) is 0 Å². The highest BCUT2D eigenvalue weighted by Gasteiger charge is 2.16. The first-order valence-corrected chi connectivity index (χ1v) is 13.5. The third-order valence-electron chi connectivity index (χ3n) is 5.42. The number of benzene rings is 2. The van der Waals surface area contributed by atoms with Crippen molar-refractivity contribution in [2.45, 2.75) is 31.5 Å². The van der Waals surface area contributed by atoms with E-state index >= 15 is 0 Å². The largest absolute Gasteiger partial charge is 0.494 e. The van der Waals surface area contributed by atoms with Gasteiger partial charge in [0.1, 0.15) is 5.75 Å². The van der Waals surface area contributed by atoms with Crippen LogP contribution in [0, 0.1) is 0 Å². The Hall–Kier alpha value is -3.13. The molecule has 0 fully saturated rings. The minimum Gasteiger partial charge on any atom is -0.494 e. The summed E-state index contributed by atoms with van der Waals surface area (Å²) in [4.78, 5) is 16.6. The highest BCUT2D eigenvalue weighted by Crippen LogP contribution is 2.28. The predicted molar refractivity (Wildman–Crippen MR) is 151 cm³/mol. The quantitative estimate of drug-likeness (QED) is 0.0821. The lowest BCUT2D eigenvalue weighted by atomic mass is 10.1. The average Bonchev–Trinajstić information content (AvgIpc) is 3.33. The van der Waals surface area contributed by atoms with Gasteiger partial charge in [-0.15, -0.1) is 10.2 Å². The topological polar surface area (TPSA) is 69.9 Å². The SMILES string of the molecule is CC(C)n1c(SCCCOc2ccc(C(=O)/C=C/c3ccc(Cl)cc3Cl)cc2)nnc1-c1ccncc1. The molecule has 2 aromatic carbocycles. The summed E-state index contributed by atoms with van der Waals surface area (Å²) < 4.78 is 8.01. The molecule has 0 radical (unpaired) electrons. The zero-order chi connectivity index (χ0) is 26.2. The number of rotatable bonds is 11. The van der Waals surface area contributed by atoms with Crippen molar-refractivity contribution in [1.82, 2.24) is 19.7 Å². The summed E-state index contributed by atoms with van der Waals surface area (Å²) in [5, 5.41) is 10.7. The number of hydrogen-bond donors (Lipinski definition) is 0. The lowest BCUT2D eigenvalue weighted by Gasteiger charge is -2.13. The van der Waals surface area contributed by atoms with E-state index in [2.05, 4.69) is 33.6 Å². The van der Waals surface area contributed by atoms with Gasteiger partial charge in [-0.05, 0) is 86.5 Å². The maximum Gasteiger partial charge on any atom is 0.191 e. The van der Waals surface area contributed by atoms with Gasteiger partial charge in [-0.25, -0.2) is 0 Å². The van der Waals surface area contributed by atoms with E-state index in [-0.39, 0.29) is 11.8 Å². The van der Waals surface area contributed by atoms with E-state index in [0.717, 1.165) is 40.0 Å². The molecule has 2 heterocycles. The molecule has 0 bridgehead atoms. The Morgan fingerprint density at radius 1 is 1.05 bits per heavy atom. The van der Waals surface area contributed by atoms with Gasteiger partial charge in [-0.3, -0.25) is 14.3 Å². The number of thioether (sulfide) groups is 1. The van der Waals surface area contributed by atoms with Gasteiger partial charge in [-0.1, -0.05) is 41.0 Å².